The molecule has 5 heteroatoms. The summed E-state index contributed by atoms with van der Waals surface area (Å²) in [4.78, 5) is -0.0266. The first-order valence-electron chi connectivity index (χ1n) is 5.87. The lowest BCUT2D eigenvalue weighted by Crippen LogP contribution is -1.96. The summed E-state index contributed by atoms with van der Waals surface area (Å²) in [5.41, 5.74) is 2.02. The molecule has 0 fully saturated rings. The zero-order valence-corrected chi connectivity index (χ0v) is 14.1. The van der Waals surface area contributed by atoms with Crippen LogP contribution in [0.25, 0.3) is 0 Å². The standard InChI is InChI=1S/C15H13BrCl2O2/c1-19-11-5-10(6-12(8-11)20-2)15(16)9-3-4-13(17)14(18)7-9/h3-8,15H,1-2H3. The Morgan fingerprint density at radius 2 is 1.45 bits per heavy atom. The first-order valence-corrected chi connectivity index (χ1v) is 7.54. The molecule has 0 amide bonds. The fourth-order valence-corrected chi connectivity index (χ4v) is 2.69. The van der Waals surface area contributed by atoms with Gasteiger partial charge < -0.3 is 9.47 Å². The average molecular weight is 376 g/mol. The predicted octanol–water partition coefficient (Wildman–Crippen LogP) is 5.49. The highest BCUT2D eigenvalue weighted by Gasteiger charge is 2.14. The van der Waals surface area contributed by atoms with Gasteiger partial charge in [-0.1, -0.05) is 45.2 Å². The van der Waals surface area contributed by atoms with Gasteiger partial charge in [0, 0.05) is 6.07 Å². The molecule has 2 rings (SSSR count). The molecular formula is C15H13BrCl2O2. The van der Waals surface area contributed by atoms with Crippen LogP contribution in [0.1, 0.15) is 16.0 Å². The molecule has 0 aliphatic rings. The fraction of sp³-hybridized carbons (Fsp3) is 0.200. The Labute approximate surface area is 136 Å². The van der Waals surface area contributed by atoms with Gasteiger partial charge in [-0.15, -0.1) is 0 Å². The highest BCUT2D eigenvalue weighted by molar-refractivity contribution is 9.09. The van der Waals surface area contributed by atoms with Crippen LogP contribution in [0.2, 0.25) is 10.0 Å². The van der Waals surface area contributed by atoms with Gasteiger partial charge in [0.15, 0.2) is 0 Å². The van der Waals surface area contributed by atoms with E-state index in [-0.39, 0.29) is 4.83 Å². The second-order valence-corrected chi connectivity index (χ2v) is 5.91. The van der Waals surface area contributed by atoms with E-state index in [1.807, 2.05) is 30.3 Å². The van der Waals surface area contributed by atoms with E-state index in [0.29, 0.717) is 10.0 Å². The Morgan fingerprint density at radius 3 is 1.95 bits per heavy atom. The van der Waals surface area contributed by atoms with Crippen LogP contribution in [-0.2, 0) is 0 Å². The van der Waals surface area contributed by atoms with E-state index in [9.17, 15) is 0 Å². The van der Waals surface area contributed by atoms with Gasteiger partial charge in [0.2, 0.25) is 0 Å². The Bertz CT molecular complexity index is 595. The molecule has 1 atom stereocenters. The molecule has 0 bridgehead atoms. The fourth-order valence-electron chi connectivity index (χ4n) is 1.84. The summed E-state index contributed by atoms with van der Waals surface area (Å²) < 4.78 is 10.6. The van der Waals surface area contributed by atoms with E-state index in [2.05, 4.69) is 15.9 Å². The SMILES string of the molecule is COc1cc(OC)cc(C(Br)c2ccc(Cl)c(Cl)c2)c1. The third-order valence-electron chi connectivity index (χ3n) is 2.90. The molecule has 20 heavy (non-hydrogen) atoms. The van der Waals surface area contributed by atoms with E-state index in [4.69, 9.17) is 32.7 Å². The molecule has 0 heterocycles. The number of halogens is 3. The van der Waals surface area contributed by atoms with Gasteiger partial charge in [0.05, 0.1) is 29.1 Å². The Kier molecular flexibility index (Phi) is 5.19. The van der Waals surface area contributed by atoms with E-state index < -0.39 is 0 Å². The summed E-state index contributed by atoms with van der Waals surface area (Å²) in [6.45, 7) is 0. The predicted molar refractivity (Wildman–Crippen MR) is 86.8 cm³/mol. The van der Waals surface area contributed by atoms with Gasteiger partial charge >= 0.3 is 0 Å². The van der Waals surface area contributed by atoms with Crippen molar-refractivity contribution >= 4 is 39.1 Å². The molecular weight excluding hydrogens is 363 g/mol. The second kappa shape index (κ2) is 6.70. The molecule has 2 aromatic rings. The number of methoxy groups -OCH3 is 2. The van der Waals surface area contributed by atoms with Crippen molar-refractivity contribution in [2.45, 2.75) is 4.83 Å². The van der Waals surface area contributed by atoms with Crippen LogP contribution in [0.4, 0.5) is 0 Å². The molecule has 0 radical (unpaired) electrons. The van der Waals surface area contributed by atoms with Crippen molar-refractivity contribution in [2.75, 3.05) is 14.2 Å². The lowest BCUT2D eigenvalue weighted by atomic mass is 10.0. The summed E-state index contributed by atoms with van der Waals surface area (Å²) in [6.07, 6.45) is 0. The molecule has 0 N–H and O–H groups in total. The van der Waals surface area contributed by atoms with Crippen LogP contribution in [0, 0.1) is 0 Å². The zero-order valence-electron chi connectivity index (χ0n) is 11.0. The zero-order chi connectivity index (χ0) is 14.7. The van der Waals surface area contributed by atoms with Gasteiger partial charge in [0.1, 0.15) is 11.5 Å². The maximum absolute atomic E-state index is 6.06. The van der Waals surface area contributed by atoms with Crippen molar-refractivity contribution in [3.05, 3.63) is 57.6 Å². The number of ether oxygens (including phenoxy) is 2. The summed E-state index contributed by atoms with van der Waals surface area (Å²) in [5.74, 6) is 1.48. The van der Waals surface area contributed by atoms with Crippen molar-refractivity contribution in [1.29, 1.82) is 0 Å². The highest BCUT2D eigenvalue weighted by Crippen LogP contribution is 2.37. The third kappa shape index (κ3) is 3.40. The number of alkyl halides is 1. The first kappa shape index (κ1) is 15.5. The average Bonchev–Trinajstić information content (AvgIpc) is 2.48. The molecule has 2 aromatic carbocycles. The number of hydrogen-bond donors (Lipinski definition) is 0. The van der Waals surface area contributed by atoms with Crippen molar-refractivity contribution in [1.82, 2.24) is 0 Å². The van der Waals surface area contributed by atoms with Crippen LogP contribution in [-0.4, -0.2) is 14.2 Å². The lowest BCUT2D eigenvalue weighted by Gasteiger charge is -2.14. The Hall–Kier alpha value is -0.900. The third-order valence-corrected chi connectivity index (χ3v) is 4.70. The Balaban J connectivity index is 2.41. The maximum atomic E-state index is 6.06. The maximum Gasteiger partial charge on any atom is 0.122 e. The minimum atomic E-state index is -0.0266. The van der Waals surface area contributed by atoms with Crippen LogP contribution in [0.15, 0.2) is 36.4 Å². The normalized spacial score (nSPS) is 12.1. The largest absolute Gasteiger partial charge is 0.497 e. The molecule has 2 nitrogen and oxygen atoms in total. The minimum Gasteiger partial charge on any atom is -0.497 e. The minimum absolute atomic E-state index is 0.0266. The summed E-state index contributed by atoms with van der Waals surface area (Å²) in [5, 5.41) is 1.07. The summed E-state index contributed by atoms with van der Waals surface area (Å²) in [6, 6.07) is 11.3. The molecule has 0 saturated heterocycles. The molecule has 106 valence electrons. The molecule has 1 unspecified atom stereocenters. The van der Waals surface area contributed by atoms with Crippen LogP contribution >= 0.6 is 39.1 Å². The Morgan fingerprint density at radius 1 is 0.850 bits per heavy atom. The van der Waals surface area contributed by atoms with E-state index in [1.54, 1.807) is 20.3 Å². The summed E-state index contributed by atoms with van der Waals surface area (Å²) in [7, 11) is 3.25. The first-order chi connectivity index (χ1) is 9.55. The van der Waals surface area contributed by atoms with Gasteiger partial charge in [-0.3, -0.25) is 0 Å². The number of hydrogen-bond acceptors (Lipinski definition) is 2. The van der Waals surface area contributed by atoms with Crippen molar-refractivity contribution < 1.29 is 9.47 Å². The monoisotopic (exact) mass is 374 g/mol. The van der Waals surface area contributed by atoms with Gasteiger partial charge in [-0.05, 0) is 35.4 Å². The smallest absolute Gasteiger partial charge is 0.122 e. The van der Waals surface area contributed by atoms with Gasteiger partial charge in [0.25, 0.3) is 0 Å². The van der Waals surface area contributed by atoms with Crippen molar-refractivity contribution in [3.63, 3.8) is 0 Å². The molecule has 0 saturated carbocycles. The van der Waals surface area contributed by atoms with Gasteiger partial charge in [-0.25, -0.2) is 0 Å². The van der Waals surface area contributed by atoms with Crippen molar-refractivity contribution in [3.8, 4) is 11.5 Å². The highest BCUT2D eigenvalue weighted by atomic mass is 79.9. The van der Waals surface area contributed by atoms with Crippen molar-refractivity contribution in [2.24, 2.45) is 0 Å². The van der Waals surface area contributed by atoms with Crippen LogP contribution in [0.3, 0.4) is 0 Å². The topological polar surface area (TPSA) is 18.5 Å². The number of benzene rings is 2. The van der Waals surface area contributed by atoms with Crippen LogP contribution in [0.5, 0.6) is 11.5 Å². The lowest BCUT2D eigenvalue weighted by molar-refractivity contribution is 0.393. The molecule has 0 spiro atoms. The molecule has 0 aliphatic carbocycles. The molecule has 0 aliphatic heterocycles. The molecule has 0 aromatic heterocycles. The number of rotatable bonds is 4. The quantitative estimate of drug-likeness (QED) is 0.657. The van der Waals surface area contributed by atoms with E-state index in [0.717, 1.165) is 22.6 Å². The summed E-state index contributed by atoms with van der Waals surface area (Å²) >= 11 is 15.7. The van der Waals surface area contributed by atoms with E-state index >= 15 is 0 Å². The van der Waals surface area contributed by atoms with Gasteiger partial charge in [-0.2, -0.15) is 0 Å². The second-order valence-electron chi connectivity index (χ2n) is 4.18. The van der Waals surface area contributed by atoms with Crippen LogP contribution < -0.4 is 9.47 Å². The van der Waals surface area contributed by atoms with E-state index in [1.165, 1.54) is 0 Å².